The van der Waals surface area contributed by atoms with E-state index in [9.17, 15) is 18.0 Å². The van der Waals surface area contributed by atoms with Gasteiger partial charge in [-0.3, -0.25) is 4.79 Å². The zero-order valence-electron chi connectivity index (χ0n) is 13.4. The molecule has 1 atom stereocenters. The van der Waals surface area contributed by atoms with Gasteiger partial charge in [-0.15, -0.1) is 0 Å². The predicted molar refractivity (Wildman–Crippen MR) is 87.9 cm³/mol. The number of alkyl halides is 2. The Balaban J connectivity index is 2.01. The van der Waals surface area contributed by atoms with Crippen LogP contribution < -0.4 is 20.8 Å². The highest BCUT2D eigenvalue weighted by atomic mass is 19.3. The van der Waals surface area contributed by atoms with Crippen molar-refractivity contribution in [1.29, 1.82) is 0 Å². The van der Waals surface area contributed by atoms with Crippen LogP contribution in [-0.2, 0) is 0 Å². The van der Waals surface area contributed by atoms with E-state index in [1.54, 1.807) is 15.7 Å². The van der Waals surface area contributed by atoms with Gasteiger partial charge in [0.2, 0.25) is 0 Å². The van der Waals surface area contributed by atoms with Gasteiger partial charge in [-0.2, -0.15) is 8.78 Å². The molecule has 0 amide bonds. The van der Waals surface area contributed by atoms with Crippen LogP contribution in [0.25, 0.3) is 10.9 Å². The molecule has 2 aromatic rings. The number of nitrogens with two attached hydrogens (primary N) is 1. The van der Waals surface area contributed by atoms with Gasteiger partial charge in [0.1, 0.15) is 5.69 Å². The highest BCUT2D eigenvalue weighted by molar-refractivity contribution is 5.91. The lowest BCUT2D eigenvalue weighted by molar-refractivity contribution is -0.0488. The summed E-state index contributed by atoms with van der Waals surface area (Å²) >= 11 is 0. The fraction of sp³-hybridized carbons (Fsp3) is 0.471. The molecule has 2 heterocycles. The summed E-state index contributed by atoms with van der Waals surface area (Å²) in [5.41, 5.74) is 5.65. The van der Waals surface area contributed by atoms with E-state index in [2.05, 4.69) is 0 Å². The molecule has 1 saturated heterocycles. The zero-order valence-corrected chi connectivity index (χ0v) is 13.4. The Morgan fingerprint density at radius 3 is 2.64 bits per heavy atom. The fourth-order valence-corrected chi connectivity index (χ4v) is 3.51. The van der Waals surface area contributed by atoms with Crippen molar-refractivity contribution in [2.24, 2.45) is 5.73 Å². The summed E-state index contributed by atoms with van der Waals surface area (Å²) in [6.45, 7) is -2.32. The van der Waals surface area contributed by atoms with Gasteiger partial charge in [0.05, 0.1) is 10.9 Å². The van der Waals surface area contributed by atoms with Gasteiger partial charge >= 0.3 is 6.61 Å². The summed E-state index contributed by atoms with van der Waals surface area (Å²) in [6.07, 6.45) is 3.97. The zero-order chi connectivity index (χ0) is 17.7. The van der Waals surface area contributed by atoms with Crippen molar-refractivity contribution >= 4 is 16.6 Å². The molecule has 1 saturated carbocycles. The van der Waals surface area contributed by atoms with Crippen molar-refractivity contribution in [3.8, 4) is 5.75 Å². The monoisotopic (exact) mass is 353 g/mol. The number of nitrogens with zero attached hydrogens (tertiary/aromatic N) is 2. The molecular weight excluding hydrogens is 335 g/mol. The molecule has 5 nitrogen and oxygen atoms in total. The van der Waals surface area contributed by atoms with E-state index >= 15 is 0 Å². The number of pyridine rings is 1. The van der Waals surface area contributed by atoms with Gasteiger partial charge in [0, 0.05) is 37.4 Å². The Hall–Kier alpha value is -2.22. The van der Waals surface area contributed by atoms with E-state index in [1.807, 2.05) is 0 Å². The number of ether oxygens (including phenoxy) is 1. The molecule has 0 radical (unpaired) electrons. The second kappa shape index (κ2) is 5.94. The van der Waals surface area contributed by atoms with Crippen LogP contribution in [0.2, 0.25) is 0 Å². The Bertz CT molecular complexity index is 880. The van der Waals surface area contributed by atoms with Gasteiger partial charge < -0.3 is 19.9 Å². The third-order valence-electron chi connectivity index (χ3n) is 4.78. The van der Waals surface area contributed by atoms with Crippen LogP contribution in [0, 0.1) is 5.82 Å². The maximum atomic E-state index is 14.8. The minimum atomic E-state index is -3.12. The maximum absolute atomic E-state index is 14.8. The highest BCUT2D eigenvalue weighted by Gasteiger charge is 2.32. The van der Waals surface area contributed by atoms with Crippen molar-refractivity contribution in [3.05, 3.63) is 34.4 Å². The van der Waals surface area contributed by atoms with E-state index in [0.717, 1.165) is 18.9 Å². The molecule has 1 aromatic carbocycles. The summed E-state index contributed by atoms with van der Waals surface area (Å²) in [5, 5.41) is 0.0507. The second-order valence-corrected chi connectivity index (χ2v) is 6.62. The SMILES string of the molecule is NC1CCN(c2c(F)cc3c(=O)ccn(C4CC4)c3c2OC(F)F)C1. The molecule has 1 unspecified atom stereocenters. The lowest BCUT2D eigenvalue weighted by Gasteiger charge is -2.24. The van der Waals surface area contributed by atoms with Crippen molar-refractivity contribution in [2.75, 3.05) is 18.0 Å². The molecule has 134 valence electrons. The molecule has 1 aliphatic carbocycles. The van der Waals surface area contributed by atoms with Crippen molar-refractivity contribution in [1.82, 2.24) is 4.57 Å². The van der Waals surface area contributed by atoms with E-state index < -0.39 is 17.9 Å². The largest absolute Gasteiger partial charge is 0.430 e. The summed E-state index contributed by atoms with van der Waals surface area (Å²) in [4.78, 5) is 13.8. The average Bonchev–Trinajstić information content (AvgIpc) is 3.30. The molecule has 4 rings (SSSR count). The van der Waals surface area contributed by atoms with Crippen molar-refractivity contribution < 1.29 is 17.9 Å². The van der Waals surface area contributed by atoms with Crippen LogP contribution in [0.5, 0.6) is 5.75 Å². The summed E-state index contributed by atoms with van der Waals surface area (Å²) in [6, 6.07) is 2.41. The van der Waals surface area contributed by atoms with Crippen LogP contribution in [0.3, 0.4) is 0 Å². The summed E-state index contributed by atoms with van der Waals surface area (Å²) in [7, 11) is 0. The molecule has 8 heteroatoms. The Kier molecular flexibility index (Phi) is 3.87. The molecule has 1 aromatic heterocycles. The molecule has 25 heavy (non-hydrogen) atoms. The van der Waals surface area contributed by atoms with Gasteiger partial charge in [0.15, 0.2) is 17.0 Å². The smallest absolute Gasteiger partial charge is 0.387 e. The van der Waals surface area contributed by atoms with Crippen LogP contribution in [0.1, 0.15) is 25.3 Å². The van der Waals surface area contributed by atoms with Gasteiger partial charge in [-0.1, -0.05) is 0 Å². The van der Waals surface area contributed by atoms with Crippen LogP contribution in [0.15, 0.2) is 23.1 Å². The number of halogens is 3. The van der Waals surface area contributed by atoms with E-state index in [0.29, 0.717) is 19.5 Å². The van der Waals surface area contributed by atoms with E-state index in [1.165, 1.54) is 6.07 Å². The molecular formula is C17H18F3N3O2. The van der Waals surface area contributed by atoms with Gasteiger partial charge in [-0.05, 0) is 25.3 Å². The number of hydrogen-bond acceptors (Lipinski definition) is 4. The van der Waals surface area contributed by atoms with E-state index in [-0.39, 0.29) is 34.4 Å². The Morgan fingerprint density at radius 2 is 2.04 bits per heavy atom. The lowest BCUT2D eigenvalue weighted by Crippen LogP contribution is -2.28. The highest BCUT2D eigenvalue weighted by Crippen LogP contribution is 2.44. The van der Waals surface area contributed by atoms with Crippen molar-refractivity contribution in [2.45, 2.75) is 38.0 Å². The Morgan fingerprint density at radius 1 is 1.28 bits per heavy atom. The maximum Gasteiger partial charge on any atom is 0.387 e. The first-order valence-electron chi connectivity index (χ1n) is 8.28. The molecule has 2 aliphatic rings. The van der Waals surface area contributed by atoms with Crippen molar-refractivity contribution in [3.63, 3.8) is 0 Å². The van der Waals surface area contributed by atoms with Crippen LogP contribution in [-0.4, -0.2) is 30.3 Å². The topological polar surface area (TPSA) is 60.5 Å². The third-order valence-corrected chi connectivity index (χ3v) is 4.78. The summed E-state index contributed by atoms with van der Waals surface area (Å²) < 4.78 is 47.5. The molecule has 2 fully saturated rings. The molecule has 2 N–H and O–H groups in total. The number of benzene rings is 1. The third kappa shape index (κ3) is 2.84. The number of aromatic nitrogens is 1. The first kappa shape index (κ1) is 16.3. The Labute approximate surface area is 141 Å². The normalized spacial score (nSPS) is 20.7. The quantitative estimate of drug-likeness (QED) is 0.918. The number of fused-ring (bicyclic) bond motifs is 1. The molecule has 0 spiro atoms. The van der Waals surface area contributed by atoms with Gasteiger partial charge in [0.25, 0.3) is 0 Å². The number of rotatable bonds is 4. The van der Waals surface area contributed by atoms with Crippen LogP contribution in [0.4, 0.5) is 18.9 Å². The first-order chi connectivity index (χ1) is 12.0. The average molecular weight is 353 g/mol. The fourth-order valence-electron chi connectivity index (χ4n) is 3.51. The van der Waals surface area contributed by atoms with E-state index in [4.69, 9.17) is 10.5 Å². The first-order valence-corrected chi connectivity index (χ1v) is 8.28. The molecule has 0 bridgehead atoms. The minimum Gasteiger partial charge on any atom is -0.430 e. The molecule has 1 aliphatic heterocycles. The number of anilines is 1. The predicted octanol–water partition coefficient (Wildman–Crippen LogP) is 2.61. The number of hydrogen-bond donors (Lipinski definition) is 1. The lowest BCUT2D eigenvalue weighted by atomic mass is 10.1. The van der Waals surface area contributed by atoms with Crippen LogP contribution >= 0.6 is 0 Å². The minimum absolute atomic E-state index is 0.0410. The summed E-state index contributed by atoms with van der Waals surface area (Å²) in [5.74, 6) is -1.02. The standard InChI is InChI=1S/C17H18F3N3O2/c18-12-7-11-13(24)4-6-23(10-1-2-10)14(11)16(25-17(19)20)15(12)22-5-3-9(21)8-22/h4,6-7,9-10,17H,1-3,5,8,21H2. The van der Waals surface area contributed by atoms with Gasteiger partial charge in [-0.25, -0.2) is 4.39 Å². The second-order valence-electron chi connectivity index (χ2n) is 6.62.